The zero-order valence-corrected chi connectivity index (χ0v) is 11.9. The van der Waals surface area contributed by atoms with E-state index in [4.69, 9.17) is 5.73 Å². The summed E-state index contributed by atoms with van der Waals surface area (Å²) in [4.78, 5) is 21.9. The molecule has 0 aliphatic carbocycles. The second kappa shape index (κ2) is 5.51. The largest absolute Gasteiger partial charge is 0.369 e. The number of carbonyl (C=O) groups excluding carboxylic acids is 1. The lowest BCUT2D eigenvalue weighted by Gasteiger charge is -2.32. The zero-order valence-electron chi connectivity index (χ0n) is 11.9. The summed E-state index contributed by atoms with van der Waals surface area (Å²) in [6, 6.07) is 0. The summed E-state index contributed by atoms with van der Waals surface area (Å²) in [5.41, 5.74) is 7.39. The average Bonchev–Trinajstić information content (AvgIpc) is 2.94. The molecule has 0 unspecified atom stereocenters. The van der Waals surface area contributed by atoms with Crippen molar-refractivity contribution < 1.29 is 4.79 Å². The summed E-state index contributed by atoms with van der Waals surface area (Å²) >= 11 is 0. The third-order valence-corrected chi connectivity index (χ3v) is 3.84. The molecule has 21 heavy (non-hydrogen) atoms. The van der Waals surface area contributed by atoms with Crippen LogP contribution < -0.4 is 10.6 Å². The number of aromatic nitrogens is 4. The Kier molecular flexibility index (Phi) is 3.55. The normalized spacial score (nSPS) is 16.1. The van der Waals surface area contributed by atoms with E-state index < -0.39 is 0 Å². The van der Waals surface area contributed by atoms with Crippen LogP contribution in [0.4, 0.5) is 5.69 Å². The molecular formula is C14H18N6O. The number of anilines is 1. The van der Waals surface area contributed by atoms with Gasteiger partial charge in [0.25, 0.3) is 0 Å². The molecule has 7 heteroatoms. The highest BCUT2D eigenvalue weighted by Gasteiger charge is 2.25. The summed E-state index contributed by atoms with van der Waals surface area (Å²) < 4.78 is 1.76. The van der Waals surface area contributed by atoms with Gasteiger partial charge in [-0.05, 0) is 25.3 Å². The summed E-state index contributed by atoms with van der Waals surface area (Å²) in [6.07, 6.45) is 8.58. The van der Waals surface area contributed by atoms with E-state index in [-0.39, 0.29) is 11.8 Å². The van der Waals surface area contributed by atoms with Gasteiger partial charge in [-0.3, -0.25) is 4.79 Å². The second-order valence-corrected chi connectivity index (χ2v) is 5.36. The Morgan fingerprint density at radius 2 is 2.10 bits per heavy atom. The van der Waals surface area contributed by atoms with Crippen molar-refractivity contribution >= 4 is 11.6 Å². The molecule has 1 aliphatic heterocycles. The molecule has 0 atom stereocenters. The average molecular weight is 286 g/mol. The number of hydrogen-bond donors (Lipinski definition) is 1. The van der Waals surface area contributed by atoms with Crippen molar-refractivity contribution in [2.24, 2.45) is 11.7 Å². The van der Waals surface area contributed by atoms with Crippen molar-refractivity contribution in [2.45, 2.75) is 19.8 Å². The van der Waals surface area contributed by atoms with Crippen LogP contribution in [0.1, 0.15) is 18.4 Å². The van der Waals surface area contributed by atoms with Gasteiger partial charge in [0.15, 0.2) is 5.82 Å². The molecule has 3 rings (SSSR count). The highest BCUT2D eigenvalue weighted by Crippen LogP contribution is 2.26. The monoisotopic (exact) mass is 286 g/mol. The van der Waals surface area contributed by atoms with Crippen molar-refractivity contribution in [1.82, 2.24) is 19.7 Å². The summed E-state index contributed by atoms with van der Waals surface area (Å²) in [7, 11) is 0. The highest BCUT2D eigenvalue weighted by molar-refractivity contribution is 5.77. The molecule has 1 amide bonds. The van der Waals surface area contributed by atoms with Crippen LogP contribution >= 0.6 is 0 Å². The Morgan fingerprint density at radius 1 is 1.33 bits per heavy atom. The molecular weight excluding hydrogens is 268 g/mol. The van der Waals surface area contributed by atoms with E-state index in [1.165, 1.54) is 6.33 Å². The van der Waals surface area contributed by atoms with E-state index in [0.717, 1.165) is 43.0 Å². The fourth-order valence-electron chi connectivity index (χ4n) is 2.65. The van der Waals surface area contributed by atoms with E-state index in [0.29, 0.717) is 0 Å². The maximum absolute atomic E-state index is 11.3. The van der Waals surface area contributed by atoms with Gasteiger partial charge in [-0.15, -0.1) is 0 Å². The molecule has 1 fully saturated rings. The Labute approximate surface area is 122 Å². The van der Waals surface area contributed by atoms with Gasteiger partial charge in [-0.2, -0.15) is 5.10 Å². The Bertz CT molecular complexity index is 644. The molecule has 0 spiro atoms. The number of aryl methyl sites for hydroxylation is 1. The number of piperidine rings is 1. The first-order valence-corrected chi connectivity index (χ1v) is 7.01. The fourth-order valence-corrected chi connectivity index (χ4v) is 2.65. The fraction of sp³-hybridized carbons (Fsp3) is 0.429. The van der Waals surface area contributed by atoms with E-state index in [1.54, 1.807) is 17.1 Å². The van der Waals surface area contributed by atoms with Crippen molar-refractivity contribution in [2.75, 3.05) is 18.0 Å². The summed E-state index contributed by atoms with van der Waals surface area (Å²) in [6.45, 7) is 3.53. The third kappa shape index (κ3) is 2.72. The zero-order chi connectivity index (χ0) is 14.8. The summed E-state index contributed by atoms with van der Waals surface area (Å²) in [5, 5.41) is 4.31. The first kappa shape index (κ1) is 13.5. The van der Waals surface area contributed by atoms with Crippen LogP contribution in [0.25, 0.3) is 5.82 Å². The number of amides is 1. The van der Waals surface area contributed by atoms with E-state index >= 15 is 0 Å². The Hall–Kier alpha value is -2.44. The number of nitrogens with two attached hydrogens (primary N) is 1. The van der Waals surface area contributed by atoms with Gasteiger partial charge in [0.2, 0.25) is 5.91 Å². The van der Waals surface area contributed by atoms with Crippen LogP contribution in [-0.2, 0) is 4.79 Å². The number of hydrogen-bond acceptors (Lipinski definition) is 5. The molecule has 2 aromatic heterocycles. The SMILES string of the molecule is Cc1cnn(-c2ncncc2N2CCC(C(N)=O)CC2)c1. The first-order chi connectivity index (χ1) is 10.1. The third-order valence-electron chi connectivity index (χ3n) is 3.84. The van der Waals surface area contributed by atoms with E-state index in [9.17, 15) is 4.79 Å². The van der Waals surface area contributed by atoms with Gasteiger partial charge in [-0.1, -0.05) is 0 Å². The lowest BCUT2D eigenvalue weighted by atomic mass is 9.96. The van der Waals surface area contributed by atoms with Crippen molar-refractivity contribution in [3.05, 3.63) is 30.5 Å². The van der Waals surface area contributed by atoms with Crippen LogP contribution in [0.2, 0.25) is 0 Å². The number of primary amides is 1. The van der Waals surface area contributed by atoms with Gasteiger partial charge in [0, 0.05) is 25.2 Å². The minimum atomic E-state index is -0.207. The van der Waals surface area contributed by atoms with Crippen LogP contribution in [0.3, 0.4) is 0 Å². The maximum atomic E-state index is 11.3. The van der Waals surface area contributed by atoms with Crippen LogP contribution in [0, 0.1) is 12.8 Å². The van der Waals surface area contributed by atoms with Crippen molar-refractivity contribution in [3.8, 4) is 5.82 Å². The molecule has 1 saturated heterocycles. The van der Waals surface area contributed by atoms with Crippen LogP contribution in [0.15, 0.2) is 24.9 Å². The molecule has 2 N–H and O–H groups in total. The molecule has 0 bridgehead atoms. The summed E-state index contributed by atoms with van der Waals surface area (Å²) in [5.74, 6) is 0.527. The van der Waals surface area contributed by atoms with Crippen molar-refractivity contribution in [3.63, 3.8) is 0 Å². The molecule has 110 valence electrons. The predicted molar refractivity (Wildman–Crippen MR) is 78.0 cm³/mol. The number of carbonyl (C=O) groups is 1. The molecule has 7 nitrogen and oxygen atoms in total. The second-order valence-electron chi connectivity index (χ2n) is 5.36. The van der Waals surface area contributed by atoms with Crippen LogP contribution in [0.5, 0.6) is 0 Å². The Balaban J connectivity index is 1.85. The van der Waals surface area contributed by atoms with E-state index in [2.05, 4.69) is 20.0 Å². The molecule has 3 heterocycles. The minimum absolute atomic E-state index is 0.0266. The molecule has 0 radical (unpaired) electrons. The van der Waals surface area contributed by atoms with Gasteiger partial charge in [0.1, 0.15) is 12.0 Å². The minimum Gasteiger partial charge on any atom is -0.369 e. The predicted octanol–water partition coefficient (Wildman–Crippen LogP) is 0.672. The number of nitrogens with zero attached hydrogens (tertiary/aromatic N) is 5. The first-order valence-electron chi connectivity index (χ1n) is 7.01. The molecule has 2 aromatic rings. The maximum Gasteiger partial charge on any atom is 0.220 e. The number of rotatable bonds is 3. The topological polar surface area (TPSA) is 89.9 Å². The van der Waals surface area contributed by atoms with Gasteiger partial charge in [0.05, 0.1) is 12.4 Å². The molecule has 1 aliphatic rings. The standard InChI is InChI=1S/C14H18N6O/c1-10-6-18-20(8-10)14-12(7-16-9-17-14)19-4-2-11(3-5-19)13(15)21/h6-9,11H,2-5H2,1H3,(H2,15,21). The van der Waals surface area contributed by atoms with Gasteiger partial charge < -0.3 is 10.6 Å². The molecule has 0 saturated carbocycles. The van der Waals surface area contributed by atoms with Crippen molar-refractivity contribution in [1.29, 1.82) is 0 Å². The highest BCUT2D eigenvalue weighted by atomic mass is 16.1. The quantitative estimate of drug-likeness (QED) is 0.895. The van der Waals surface area contributed by atoms with Gasteiger partial charge in [-0.25, -0.2) is 14.6 Å². The lowest BCUT2D eigenvalue weighted by Crippen LogP contribution is -2.39. The van der Waals surface area contributed by atoms with Gasteiger partial charge >= 0.3 is 0 Å². The van der Waals surface area contributed by atoms with E-state index in [1.807, 2.05) is 13.1 Å². The van der Waals surface area contributed by atoms with Crippen LogP contribution in [-0.4, -0.2) is 38.7 Å². The molecule has 0 aromatic carbocycles. The lowest BCUT2D eigenvalue weighted by molar-refractivity contribution is -0.122. The smallest absolute Gasteiger partial charge is 0.220 e. The Morgan fingerprint density at radius 3 is 2.71 bits per heavy atom.